The van der Waals surface area contributed by atoms with E-state index in [1.54, 1.807) is 7.11 Å². The number of ether oxygens (including phenoxy) is 2. The van der Waals surface area contributed by atoms with Crippen LogP contribution in [0.3, 0.4) is 0 Å². The largest absolute Gasteiger partial charge is 0.497 e. The van der Waals surface area contributed by atoms with Crippen molar-refractivity contribution in [2.45, 2.75) is 26.5 Å². The molecule has 1 aromatic carbocycles. The maximum Gasteiger partial charge on any atom is 0.118 e. The Kier molecular flexibility index (Phi) is 5.90. The fraction of sp³-hybridized carbons (Fsp3) is 0.538. The molecule has 0 unspecified atom stereocenters. The summed E-state index contributed by atoms with van der Waals surface area (Å²) >= 11 is 0. The van der Waals surface area contributed by atoms with Crippen LogP contribution in [0.15, 0.2) is 24.3 Å². The van der Waals surface area contributed by atoms with Crippen LogP contribution in [0.2, 0.25) is 0 Å². The molecule has 1 rings (SSSR count). The lowest BCUT2D eigenvalue weighted by molar-refractivity contribution is 0.0807. The van der Waals surface area contributed by atoms with Crippen molar-refractivity contribution in [3.8, 4) is 5.75 Å². The van der Waals surface area contributed by atoms with E-state index in [0.29, 0.717) is 6.10 Å². The lowest BCUT2D eigenvalue weighted by Crippen LogP contribution is -2.20. The highest BCUT2D eigenvalue weighted by Crippen LogP contribution is 2.10. The Bertz CT molecular complexity index is 282. The summed E-state index contributed by atoms with van der Waals surface area (Å²) in [6.45, 7) is 6.59. The second kappa shape index (κ2) is 7.25. The van der Waals surface area contributed by atoms with Crippen molar-refractivity contribution >= 4 is 0 Å². The van der Waals surface area contributed by atoms with Gasteiger partial charge in [-0.3, -0.25) is 0 Å². The van der Waals surface area contributed by atoms with Gasteiger partial charge in [-0.1, -0.05) is 12.1 Å². The predicted octanol–water partition coefficient (Wildman–Crippen LogP) is 2.21. The monoisotopic (exact) mass is 223 g/mol. The normalized spacial score (nSPS) is 10.8. The molecule has 90 valence electrons. The summed E-state index contributed by atoms with van der Waals surface area (Å²) < 4.78 is 10.5. The number of benzene rings is 1. The van der Waals surface area contributed by atoms with Gasteiger partial charge >= 0.3 is 0 Å². The van der Waals surface area contributed by atoms with E-state index in [-0.39, 0.29) is 0 Å². The number of methoxy groups -OCH3 is 1. The second-order valence-corrected chi connectivity index (χ2v) is 3.94. The number of hydrogen-bond acceptors (Lipinski definition) is 3. The molecule has 0 aliphatic carbocycles. The molecule has 0 bridgehead atoms. The van der Waals surface area contributed by atoms with Crippen molar-refractivity contribution < 1.29 is 9.47 Å². The van der Waals surface area contributed by atoms with Crippen LogP contribution in [0, 0.1) is 0 Å². The molecule has 1 N–H and O–H groups in total. The van der Waals surface area contributed by atoms with Crippen molar-refractivity contribution in [1.82, 2.24) is 5.32 Å². The number of rotatable bonds is 7. The first-order valence-electron chi connectivity index (χ1n) is 5.67. The van der Waals surface area contributed by atoms with Crippen LogP contribution in [0.5, 0.6) is 5.75 Å². The van der Waals surface area contributed by atoms with Gasteiger partial charge in [0.25, 0.3) is 0 Å². The maximum atomic E-state index is 5.43. The van der Waals surface area contributed by atoms with Gasteiger partial charge in [0.15, 0.2) is 0 Å². The van der Waals surface area contributed by atoms with Crippen LogP contribution < -0.4 is 10.1 Å². The van der Waals surface area contributed by atoms with E-state index >= 15 is 0 Å². The molecule has 0 saturated carbocycles. The van der Waals surface area contributed by atoms with Crippen LogP contribution in [-0.4, -0.2) is 26.4 Å². The highest BCUT2D eigenvalue weighted by molar-refractivity contribution is 5.26. The molecule has 0 fully saturated rings. The fourth-order valence-electron chi connectivity index (χ4n) is 1.34. The minimum absolute atomic E-state index is 0.308. The van der Waals surface area contributed by atoms with Crippen LogP contribution in [0.25, 0.3) is 0 Å². The Morgan fingerprint density at radius 2 is 1.88 bits per heavy atom. The molecule has 0 radical (unpaired) electrons. The van der Waals surface area contributed by atoms with E-state index in [1.807, 2.05) is 26.0 Å². The van der Waals surface area contributed by atoms with Crippen molar-refractivity contribution in [2.75, 3.05) is 20.3 Å². The summed E-state index contributed by atoms with van der Waals surface area (Å²) in [6.07, 6.45) is 0.308. The predicted molar refractivity (Wildman–Crippen MR) is 65.8 cm³/mol. The van der Waals surface area contributed by atoms with Crippen molar-refractivity contribution in [1.29, 1.82) is 0 Å². The van der Waals surface area contributed by atoms with Gasteiger partial charge in [0.05, 0.1) is 19.8 Å². The van der Waals surface area contributed by atoms with Gasteiger partial charge in [0.2, 0.25) is 0 Å². The maximum absolute atomic E-state index is 5.43. The molecule has 0 amide bonds. The van der Waals surface area contributed by atoms with E-state index < -0.39 is 0 Å². The van der Waals surface area contributed by atoms with Crippen LogP contribution in [-0.2, 0) is 11.3 Å². The molecule has 1 aromatic rings. The molecular formula is C13H21NO2. The van der Waals surface area contributed by atoms with E-state index in [1.165, 1.54) is 5.56 Å². The summed E-state index contributed by atoms with van der Waals surface area (Å²) in [5, 5.41) is 3.33. The third-order valence-electron chi connectivity index (χ3n) is 2.22. The van der Waals surface area contributed by atoms with E-state index in [4.69, 9.17) is 9.47 Å². The number of hydrogen-bond donors (Lipinski definition) is 1. The fourth-order valence-corrected chi connectivity index (χ4v) is 1.34. The summed E-state index contributed by atoms with van der Waals surface area (Å²) in [5.41, 5.74) is 1.25. The Balaban J connectivity index is 2.16. The molecule has 0 atom stereocenters. The average molecular weight is 223 g/mol. The summed E-state index contributed by atoms with van der Waals surface area (Å²) in [5.74, 6) is 0.895. The topological polar surface area (TPSA) is 30.5 Å². The molecule has 0 aromatic heterocycles. The quantitative estimate of drug-likeness (QED) is 0.719. The molecule has 0 heterocycles. The lowest BCUT2D eigenvalue weighted by atomic mass is 10.2. The Morgan fingerprint density at radius 1 is 1.19 bits per heavy atom. The highest BCUT2D eigenvalue weighted by atomic mass is 16.5. The highest BCUT2D eigenvalue weighted by Gasteiger charge is 1.95. The van der Waals surface area contributed by atoms with Crippen molar-refractivity contribution in [2.24, 2.45) is 0 Å². The minimum atomic E-state index is 0.308. The standard InChI is InChI=1S/C13H21NO2/c1-11(2)16-9-8-14-10-12-4-6-13(15-3)7-5-12/h4-7,11,14H,8-10H2,1-3H3. The van der Waals surface area contributed by atoms with Crippen LogP contribution in [0.4, 0.5) is 0 Å². The Hall–Kier alpha value is -1.06. The third kappa shape index (κ3) is 5.14. The first-order chi connectivity index (χ1) is 7.72. The Labute approximate surface area is 97.8 Å². The lowest BCUT2D eigenvalue weighted by Gasteiger charge is -2.08. The third-order valence-corrected chi connectivity index (χ3v) is 2.22. The van der Waals surface area contributed by atoms with E-state index in [2.05, 4.69) is 17.4 Å². The molecule has 0 spiro atoms. The van der Waals surface area contributed by atoms with Gasteiger partial charge < -0.3 is 14.8 Å². The molecular weight excluding hydrogens is 202 g/mol. The summed E-state index contributed by atoms with van der Waals surface area (Å²) in [4.78, 5) is 0. The molecule has 0 aliphatic rings. The smallest absolute Gasteiger partial charge is 0.118 e. The summed E-state index contributed by atoms with van der Waals surface area (Å²) in [6, 6.07) is 8.08. The average Bonchev–Trinajstić information content (AvgIpc) is 2.29. The van der Waals surface area contributed by atoms with Gasteiger partial charge in [-0.25, -0.2) is 0 Å². The molecule has 0 aliphatic heterocycles. The molecule has 3 nitrogen and oxygen atoms in total. The minimum Gasteiger partial charge on any atom is -0.497 e. The Morgan fingerprint density at radius 3 is 2.44 bits per heavy atom. The SMILES string of the molecule is COc1ccc(CNCCOC(C)C)cc1. The zero-order valence-electron chi connectivity index (χ0n) is 10.3. The summed E-state index contributed by atoms with van der Waals surface area (Å²) in [7, 11) is 1.68. The molecule has 3 heteroatoms. The van der Waals surface area contributed by atoms with Gasteiger partial charge in [0, 0.05) is 13.1 Å². The molecule has 0 saturated heterocycles. The van der Waals surface area contributed by atoms with Gasteiger partial charge in [-0.2, -0.15) is 0 Å². The van der Waals surface area contributed by atoms with E-state index in [9.17, 15) is 0 Å². The first-order valence-corrected chi connectivity index (χ1v) is 5.67. The second-order valence-electron chi connectivity index (χ2n) is 3.94. The zero-order chi connectivity index (χ0) is 11.8. The van der Waals surface area contributed by atoms with Gasteiger partial charge in [-0.05, 0) is 31.5 Å². The van der Waals surface area contributed by atoms with E-state index in [0.717, 1.165) is 25.4 Å². The van der Waals surface area contributed by atoms with Crippen LogP contribution in [0.1, 0.15) is 19.4 Å². The van der Waals surface area contributed by atoms with Gasteiger partial charge in [-0.15, -0.1) is 0 Å². The number of nitrogens with one attached hydrogen (secondary N) is 1. The first kappa shape index (κ1) is 13.0. The molecule has 16 heavy (non-hydrogen) atoms. The zero-order valence-corrected chi connectivity index (χ0v) is 10.3. The van der Waals surface area contributed by atoms with Gasteiger partial charge in [0.1, 0.15) is 5.75 Å². The van der Waals surface area contributed by atoms with Crippen molar-refractivity contribution in [3.05, 3.63) is 29.8 Å². The van der Waals surface area contributed by atoms with Crippen molar-refractivity contribution in [3.63, 3.8) is 0 Å². The van der Waals surface area contributed by atoms with Crippen LogP contribution >= 0.6 is 0 Å².